The molecule has 3 rings (SSSR count). The zero-order valence-corrected chi connectivity index (χ0v) is 15.2. The van der Waals surface area contributed by atoms with E-state index in [0.29, 0.717) is 28.6 Å². The van der Waals surface area contributed by atoms with E-state index >= 15 is 0 Å². The molecule has 0 spiro atoms. The van der Waals surface area contributed by atoms with E-state index < -0.39 is 11.4 Å². The molecule has 3 aromatic rings. The highest BCUT2D eigenvalue weighted by Gasteiger charge is 2.22. The first kappa shape index (κ1) is 18.1. The predicted molar refractivity (Wildman–Crippen MR) is 100 cm³/mol. The highest BCUT2D eigenvalue weighted by molar-refractivity contribution is 5.66. The average molecular weight is 357 g/mol. The molecule has 0 aliphatic carbocycles. The summed E-state index contributed by atoms with van der Waals surface area (Å²) in [6.07, 6.45) is 2.41. The van der Waals surface area contributed by atoms with Crippen molar-refractivity contribution in [1.82, 2.24) is 14.6 Å². The number of hydrogen-bond donors (Lipinski definition) is 2. The monoisotopic (exact) mass is 357 g/mol. The molecule has 0 bridgehead atoms. The van der Waals surface area contributed by atoms with Gasteiger partial charge in [-0.15, -0.1) is 0 Å². The largest absolute Gasteiger partial charge is 0.489 e. The molecule has 0 saturated heterocycles. The molecule has 0 amide bonds. The number of halogens is 1. The van der Waals surface area contributed by atoms with Gasteiger partial charge in [0, 0.05) is 23.2 Å². The van der Waals surface area contributed by atoms with E-state index in [2.05, 4.69) is 23.9 Å². The summed E-state index contributed by atoms with van der Waals surface area (Å²) < 4.78 is 21.8. The summed E-state index contributed by atoms with van der Waals surface area (Å²) in [5, 5.41) is 4.21. The smallest absolute Gasteiger partial charge is 0.165 e. The Hall–Kier alpha value is -2.67. The fourth-order valence-corrected chi connectivity index (χ4v) is 3.15. The SMILES string of the molecule is CC(C)CC(C)(N)COc1ccc(-c2cc(N)nc3ccnn23)cc1F. The lowest BCUT2D eigenvalue weighted by atomic mass is 9.93. The van der Waals surface area contributed by atoms with E-state index in [1.165, 1.54) is 6.07 Å². The van der Waals surface area contributed by atoms with E-state index in [9.17, 15) is 4.39 Å². The molecule has 26 heavy (non-hydrogen) atoms. The Morgan fingerprint density at radius 1 is 1.27 bits per heavy atom. The van der Waals surface area contributed by atoms with Crippen LogP contribution in [-0.4, -0.2) is 26.7 Å². The topological polar surface area (TPSA) is 91.5 Å². The first-order valence-electron chi connectivity index (χ1n) is 8.57. The first-order valence-corrected chi connectivity index (χ1v) is 8.57. The van der Waals surface area contributed by atoms with Crippen LogP contribution in [0.5, 0.6) is 5.75 Å². The number of rotatable bonds is 6. The highest BCUT2D eigenvalue weighted by Crippen LogP contribution is 2.27. The molecular weight excluding hydrogens is 333 g/mol. The van der Waals surface area contributed by atoms with Crippen molar-refractivity contribution in [1.29, 1.82) is 0 Å². The molecule has 1 unspecified atom stereocenters. The predicted octanol–water partition coefficient (Wildman–Crippen LogP) is 3.26. The average Bonchev–Trinajstić information content (AvgIpc) is 2.99. The Bertz CT molecular complexity index is 919. The minimum Gasteiger partial charge on any atom is -0.489 e. The molecule has 0 fully saturated rings. The lowest BCUT2D eigenvalue weighted by Gasteiger charge is -2.26. The minimum atomic E-state index is -0.514. The number of anilines is 1. The van der Waals surface area contributed by atoms with Gasteiger partial charge >= 0.3 is 0 Å². The Morgan fingerprint density at radius 2 is 2.04 bits per heavy atom. The molecule has 0 aliphatic rings. The zero-order valence-electron chi connectivity index (χ0n) is 15.2. The molecule has 0 saturated carbocycles. The second-order valence-corrected chi connectivity index (χ2v) is 7.35. The van der Waals surface area contributed by atoms with Crippen LogP contribution in [0.2, 0.25) is 0 Å². The second kappa shape index (κ2) is 6.92. The molecule has 2 heterocycles. The van der Waals surface area contributed by atoms with Crippen molar-refractivity contribution in [3.63, 3.8) is 0 Å². The minimum absolute atomic E-state index is 0.174. The summed E-state index contributed by atoms with van der Waals surface area (Å²) in [6.45, 7) is 6.34. The number of fused-ring (bicyclic) bond motifs is 1. The molecule has 0 aliphatic heterocycles. The number of hydrogen-bond acceptors (Lipinski definition) is 5. The summed E-state index contributed by atoms with van der Waals surface area (Å²) >= 11 is 0. The normalized spacial score (nSPS) is 13.9. The third-order valence-electron chi connectivity index (χ3n) is 4.04. The number of nitrogens with two attached hydrogens (primary N) is 2. The van der Waals surface area contributed by atoms with Crippen LogP contribution in [0.25, 0.3) is 16.9 Å². The molecule has 2 aromatic heterocycles. The van der Waals surface area contributed by atoms with E-state index in [1.807, 2.05) is 6.92 Å². The van der Waals surface area contributed by atoms with E-state index in [-0.39, 0.29) is 12.4 Å². The van der Waals surface area contributed by atoms with Crippen LogP contribution in [0.15, 0.2) is 36.5 Å². The van der Waals surface area contributed by atoms with Gasteiger partial charge in [0.1, 0.15) is 12.4 Å². The van der Waals surface area contributed by atoms with Crippen LogP contribution in [0.4, 0.5) is 10.2 Å². The lowest BCUT2D eigenvalue weighted by Crippen LogP contribution is -2.43. The molecule has 6 nitrogen and oxygen atoms in total. The highest BCUT2D eigenvalue weighted by atomic mass is 19.1. The molecule has 138 valence electrons. The fourth-order valence-electron chi connectivity index (χ4n) is 3.15. The third-order valence-corrected chi connectivity index (χ3v) is 4.04. The Morgan fingerprint density at radius 3 is 2.73 bits per heavy atom. The summed E-state index contributed by atoms with van der Waals surface area (Å²) in [4.78, 5) is 4.19. The molecular formula is C19H24FN5O. The van der Waals surface area contributed by atoms with Crippen LogP contribution >= 0.6 is 0 Å². The summed E-state index contributed by atoms with van der Waals surface area (Å²) in [6, 6.07) is 8.17. The standard InChI is InChI=1S/C19H24FN5O/c1-12(2)10-19(3,22)11-26-16-5-4-13(8-14(16)20)15-9-17(21)24-18-6-7-23-25(15)18/h4-9,12H,10-11,22H2,1-3H3,(H2,21,24). The van der Waals surface area contributed by atoms with Crippen LogP contribution < -0.4 is 16.2 Å². The molecule has 7 heteroatoms. The molecule has 4 N–H and O–H groups in total. The number of ether oxygens (including phenoxy) is 1. The van der Waals surface area contributed by atoms with Crippen molar-refractivity contribution < 1.29 is 9.13 Å². The van der Waals surface area contributed by atoms with Crippen LogP contribution in [0, 0.1) is 11.7 Å². The van der Waals surface area contributed by atoms with Gasteiger partial charge in [-0.05, 0) is 37.5 Å². The Labute approximate surface area is 152 Å². The maximum Gasteiger partial charge on any atom is 0.165 e. The van der Waals surface area contributed by atoms with E-state index in [0.717, 1.165) is 6.42 Å². The van der Waals surface area contributed by atoms with Crippen LogP contribution in [-0.2, 0) is 0 Å². The van der Waals surface area contributed by atoms with E-state index in [4.69, 9.17) is 16.2 Å². The maximum absolute atomic E-state index is 14.6. The lowest BCUT2D eigenvalue weighted by molar-refractivity contribution is 0.200. The van der Waals surface area contributed by atoms with Crippen molar-refractivity contribution in [3.8, 4) is 17.0 Å². The van der Waals surface area contributed by atoms with Gasteiger partial charge in [-0.1, -0.05) is 13.8 Å². The molecule has 0 radical (unpaired) electrons. The van der Waals surface area contributed by atoms with Gasteiger partial charge in [0.15, 0.2) is 17.2 Å². The van der Waals surface area contributed by atoms with Gasteiger partial charge in [0.2, 0.25) is 0 Å². The number of aromatic nitrogens is 3. The maximum atomic E-state index is 14.6. The molecule has 1 atom stereocenters. The van der Waals surface area contributed by atoms with Gasteiger partial charge in [0.25, 0.3) is 0 Å². The van der Waals surface area contributed by atoms with Gasteiger partial charge < -0.3 is 16.2 Å². The Kier molecular flexibility index (Phi) is 4.82. The van der Waals surface area contributed by atoms with Crippen molar-refractivity contribution in [2.24, 2.45) is 11.7 Å². The first-order chi connectivity index (χ1) is 12.2. The van der Waals surface area contributed by atoms with E-state index in [1.54, 1.807) is 35.0 Å². The fraction of sp³-hybridized carbons (Fsp3) is 0.368. The van der Waals surface area contributed by atoms with Crippen molar-refractivity contribution in [3.05, 3.63) is 42.3 Å². The quantitative estimate of drug-likeness (QED) is 0.706. The summed E-state index contributed by atoms with van der Waals surface area (Å²) in [7, 11) is 0. The Balaban J connectivity index is 1.85. The number of benzene rings is 1. The van der Waals surface area contributed by atoms with Crippen molar-refractivity contribution in [2.75, 3.05) is 12.3 Å². The summed E-state index contributed by atoms with van der Waals surface area (Å²) in [5.74, 6) is 0.502. The number of nitrogens with zero attached hydrogens (tertiary/aromatic N) is 3. The van der Waals surface area contributed by atoms with Gasteiger partial charge in [0.05, 0.1) is 11.9 Å². The second-order valence-electron chi connectivity index (χ2n) is 7.35. The van der Waals surface area contributed by atoms with Gasteiger partial charge in [-0.25, -0.2) is 13.9 Å². The van der Waals surface area contributed by atoms with Gasteiger partial charge in [-0.2, -0.15) is 5.10 Å². The summed E-state index contributed by atoms with van der Waals surface area (Å²) in [5.41, 5.74) is 13.4. The molecule has 1 aromatic carbocycles. The van der Waals surface area contributed by atoms with Crippen molar-refractivity contribution >= 4 is 11.5 Å². The number of nitrogen functional groups attached to an aromatic ring is 1. The van der Waals surface area contributed by atoms with Crippen LogP contribution in [0.3, 0.4) is 0 Å². The zero-order chi connectivity index (χ0) is 18.9. The van der Waals surface area contributed by atoms with Gasteiger partial charge in [-0.3, -0.25) is 0 Å². The van der Waals surface area contributed by atoms with Crippen LogP contribution in [0.1, 0.15) is 27.2 Å². The van der Waals surface area contributed by atoms with Crippen molar-refractivity contribution in [2.45, 2.75) is 32.7 Å². The third kappa shape index (κ3) is 3.94.